The van der Waals surface area contributed by atoms with Gasteiger partial charge in [-0.25, -0.2) is 9.59 Å². The number of fused-ring (bicyclic) bond motifs is 5. The lowest BCUT2D eigenvalue weighted by Crippen LogP contribution is -2.38. The van der Waals surface area contributed by atoms with E-state index in [1.54, 1.807) is 19.1 Å². The molecule has 4 aromatic carbocycles. The molecule has 4 aromatic rings. The molecule has 0 heterocycles. The number of nitrogens with one attached hydrogen (secondary N) is 1. The number of allylic oxidation sites excluding steroid dienone is 1. The highest BCUT2D eigenvalue weighted by Crippen LogP contribution is 2.58. The van der Waals surface area contributed by atoms with E-state index in [4.69, 9.17) is 4.74 Å². The van der Waals surface area contributed by atoms with Crippen molar-refractivity contribution < 1.29 is 60.3 Å². The van der Waals surface area contributed by atoms with Gasteiger partial charge in [0, 0.05) is 40.6 Å². The number of hydrogen-bond acceptors (Lipinski definition) is 12. The number of phenols is 8. The molecule has 298 valence electrons. The third kappa shape index (κ3) is 7.03. The van der Waals surface area contributed by atoms with Gasteiger partial charge in [-0.05, 0) is 120 Å². The summed E-state index contributed by atoms with van der Waals surface area (Å²) >= 11 is 0. The predicted octanol–water partition coefficient (Wildman–Crippen LogP) is 6.65. The number of aromatic hydroxyl groups is 8. The monoisotopic (exact) mass is 779 g/mol. The van der Waals surface area contributed by atoms with E-state index in [-0.39, 0.29) is 35.1 Å². The number of aliphatic carboxylic acids is 1. The maximum Gasteiger partial charge on any atom is 0.345 e. The van der Waals surface area contributed by atoms with Crippen LogP contribution in [0.1, 0.15) is 90.3 Å². The number of phenolic OH excluding ortho intramolecular Hbond substituents is 8. The third-order valence-electron chi connectivity index (χ3n) is 11.7. The Kier molecular flexibility index (Phi) is 10.4. The number of hydrogen-bond donors (Lipinski definition) is 10. The van der Waals surface area contributed by atoms with Crippen molar-refractivity contribution in [3.8, 4) is 57.1 Å². The van der Waals surface area contributed by atoms with Gasteiger partial charge in [0.1, 0.15) is 5.75 Å². The third-order valence-corrected chi connectivity index (χ3v) is 11.7. The van der Waals surface area contributed by atoms with Gasteiger partial charge in [-0.2, -0.15) is 0 Å². The molecule has 2 atom stereocenters. The second kappa shape index (κ2) is 15.3. The summed E-state index contributed by atoms with van der Waals surface area (Å²) in [7, 11) is 0. The molecule has 57 heavy (non-hydrogen) atoms. The van der Waals surface area contributed by atoms with Gasteiger partial charge < -0.3 is 56.0 Å². The summed E-state index contributed by atoms with van der Waals surface area (Å²) in [5.74, 6) is -6.93. The maximum absolute atomic E-state index is 13.5. The van der Waals surface area contributed by atoms with Crippen LogP contribution in [0.3, 0.4) is 0 Å². The van der Waals surface area contributed by atoms with E-state index >= 15 is 0 Å². The number of carbonyl (C=O) groups excluding carboxylic acids is 1. The van der Waals surface area contributed by atoms with Crippen LogP contribution in [-0.2, 0) is 32.6 Å². The van der Waals surface area contributed by atoms with Crippen molar-refractivity contribution in [2.75, 3.05) is 13.1 Å². The van der Waals surface area contributed by atoms with Crippen molar-refractivity contribution >= 4 is 29.7 Å². The number of rotatable bonds is 10. The summed E-state index contributed by atoms with van der Waals surface area (Å²) < 4.78 is 5.49. The highest BCUT2D eigenvalue weighted by molar-refractivity contribution is 5.98. The molecule has 10 N–H and O–H groups in total. The average molecular weight is 780 g/mol. The summed E-state index contributed by atoms with van der Waals surface area (Å²) in [6.07, 6.45) is 7.46. The molecule has 1 fully saturated rings. The molecule has 3 aliphatic rings. The van der Waals surface area contributed by atoms with Gasteiger partial charge in [0.25, 0.3) is 0 Å². The van der Waals surface area contributed by atoms with Crippen LogP contribution in [-0.4, -0.2) is 77.1 Å². The van der Waals surface area contributed by atoms with E-state index in [0.29, 0.717) is 78.5 Å². The van der Waals surface area contributed by atoms with Gasteiger partial charge in [-0.3, -0.25) is 0 Å². The number of carboxylic acid groups (broad SMARTS) is 1. The minimum Gasteiger partial charge on any atom is -0.508 e. The van der Waals surface area contributed by atoms with Crippen LogP contribution in [0.2, 0.25) is 0 Å². The Morgan fingerprint density at radius 3 is 2.16 bits per heavy atom. The summed E-state index contributed by atoms with van der Waals surface area (Å²) in [5, 5.41) is 99.0. The molecule has 0 aliphatic heterocycles. The minimum absolute atomic E-state index is 0.0380. The fraction of sp³-hybridized carbons (Fsp3) is 0.318. The summed E-state index contributed by atoms with van der Waals surface area (Å²) in [5.41, 5.74) is 4.86. The van der Waals surface area contributed by atoms with Crippen molar-refractivity contribution in [2.24, 2.45) is 0 Å². The van der Waals surface area contributed by atoms with Gasteiger partial charge in [-0.1, -0.05) is 38.0 Å². The highest BCUT2D eigenvalue weighted by atomic mass is 16.6. The Morgan fingerprint density at radius 2 is 1.47 bits per heavy atom. The molecule has 3 aliphatic carbocycles. The first-order valence-corrected chi connectivity index (χ1v) is 19.0. The molecular formula is C44H45NO12. The number of likely N-dealkylation sites (N-methyl/N-ethyl adjacent to an activating group) is 1. The first-order valence-electron chi connectivity index (χ1n) is 19.0. The van der Waals surface area contributed by atoms with E-state index in [1.165, 1.54) is 18.2 Å². The molecule has 1 spiro atoms. The number of esters is 1. The lowest BCUT2D eigenvalue weighted by Gasteiger charge is -2.38. The first-order chi connectivity index (χ1) is 27.2. The molecule has 0 bridgehead atoms. The summed E-state index contributed by atoms with van der Waals surface area (Å²) in [4.78, 5) is 26.0. The van der Waals surface area contributed by atoms with Gasteiger partial charge in [0.2, 0.25) is 6.10 Å². The van der Waals surface area contributed by atoms with Crippen LogP contribution < -0.4 is 5.32 Å². The lowest BCUT2D eigenvalue weighted by atomic mass is 9.66. The zero-order valence-electron chi connectivity index (χ0n) is 31.2. The second-order valence-corrected chi connectivity index (χ2v) is 15.1. The van der Waals surface area contributed by atoms with Crippen molar-refractivity contribution in [1.29, 1.82) is 0 Å². The van der Waals surface area contributed by atoms with Crippen molar-refractivity contribution in [3.05, 3.63) is 87.5 Å². The SMILES string of the molecule is CCNC[C@@H](c1cc(O)c(O)c(O)c1)[C@@H](OC(=O)/C=C/c1cc(O)c(O)c2c1C=C(c1cc(O)c(O)c3c1-c1cccc(O)c1CCC3)CC21CCCC1)C(=O)O. The topological polar surface area (TPSA) is 237 Å². The largest absolute Gasteiger partial charge is 0.508 e. The Bertz CT molecular complexity index is 2320. The second-order valence-electron chi connectivity index (χ2n) is 15.1. The fourth-order valence-corrected chi connectivity index (χ4v) is 9.05. The molecule has 0 radical (unpaired) electrons. The van der Waals surface area contributed by atoms with E-state index < -0.39 is 52.4 Å². The molecule has 0 amide bonds. The maximum atomic E-state index is 13.5. The van der Waals surface area contributed by atoms with E-state index in [1.807, 2.05) is 12.1 Å². The van der Waals surface area contributed by atoms with Crippen molar-refractivity contribution in [1.82, 2.24) is 5.32 Å². The van der Waals surface area contributed by atoms with Crippen molar-refractivity contribution in [2.45, 2.75) is 75.7 Å². The smallest absolute Gasteiger partial charge is 0.345 e. The summed E-state index contributed by atoms with van der Waals surface area (Å²) in [6, 6.07) is 10.2. The highest BCUT2D eigenvalue weighted by Gasteiger charge is 2.44. The van der Waals surface area contributed by atoms with E-state index in [9.17, 15) is 55.5 Å². The first kappa shape index (κ1) is 38.9. The normalized spacial score (nSPS) is 16.6. The van der Waals surface area contributed by atoms with Crippen LogP contribution >= 0.6 is 0 Å². The number of benzene rings is 4. The summed E-state index contributed by atoms with van der Waals surface area (Å²) in [6.45, 7) is 2.16. The van der Waals surface area contributed by atoms with Gasteiger partial charge in [0.05, 0.1) is 0 Å². The molecule has 13 nitrogen and oxygen atoms in total. The zero-order chi connectivity index (χ0) is 40.8. The predicted molar refractivity (Wildman–Crippen MR) is 211 cm³/mol. The molecule has 7 rings (SSSR count). The molecule has 0 unspecified atom stereocenters. The Hall–Kier alpha value is -6.34. The average Bonchev–Trinajstić information content (AvgIpc) is 3.54. The quantitative estimate of drug-likeness (QED) is 0.0462. The van der Waals surface area contributed by atoms with Gasteiger partial charge in [0.15, 0.2) is 40.2 Å². The minimum atomic E-state index is -1.81. The van der Waals surface area contributed by atoms with Gasteiger partial charge in [-0.15, -0.1) is 0 Å². The van der Waals surface area contributed by atoms with Crippen LogP contribution in [0, 0.1) is 0 Å². The van der Waals surface area contributed by atoms with E-state index in [0.717, 1.165) is 47.8 Å². The molecule has 0 saturated heterocycles. The molecule has 1 saturated carbocycles. The molecule has 0 aromatic heterocycles. The standard InChI is InChI=1S/C44H45NO12/c1-2-45-21-30(23-17-32(47)40(53)33(48)18-23)42(43(55)56)57-36(51)12-11-22-16-34(49)41(54)38-29(22)15-24(20-44(38)13-3-4-14-44)28-19-35(50)39(52)27-9-5-7-25-26(37(27)28)8-6-10-31(25)46/h6,8,10-12,15-19,30,42,45-50,52-54H,2-5,7,9,13-14,20-21H2,1H3,(H,55,56)/b12-11+/t30-,42+/m0/s1. The zero-order valence-corrected chi connectivity index (χ0v) is 31.2. The number of carbonyl (C=O) groups is 2. The fourth-order valence-electron chi connectivity index (χ4n) is 9.05. The number of ether oxygens (including phenoxy) is 1. The van der Waals surface area contributed by atoms with Crippen LogP contribution in [0.5, 0.6) is 46.0 Å². The van der Waals surface area contributed by atoms with Crippen molar-refractivity contribution in [3.63, 3.8) is 0 Å². The van der Waals surface area contributed by atoms with Gasteiger partial charge >= 0.3 is 11.9 Å². The van der Waals surface area contributed by atoms with Crippen LogP contribution in [0.4, 0.5) is 0 Å². The number of carboxylic acids is 1. The Balaban J connectivity index is 1.33. The van der Waals surface area contributed by atoms with Crippen LogP contribution in [0.25, 0.3) is 28.9 Å². The van der Waals surface area contributed by atoms with E-state index in [2.05, 4.69) is 5.32 Å². The Morgan fingerprint density at radius 1 is 0.807 bits per heavy atom. The Labute approximate surface area is 328 Å². The molecular weight excluding hydrogens is 734 g/mol. The van der Waals surface area contributed by atoms with Crippen LogP contribution in [0.15, 0.2) is 48.5 Å². The molecule has 13 heteroatoms. The lowest BCUT2D eigenvalue weighted by molar-refractivity contribution is -0.162.